The van der Waals surface area contributed by atoms with Crippen molar-refractivity contribution in [3.63, 3.8) is 0 Å². The van der Waals surface area contributed by atoms with Gasteiger partial charge in [-0.15, -0.1) is 0 Å². The number of benzene rings is 5. The molecule has 0 saturated carbocycles. The first-order valence-electron chi connectivity index (χ1n) is 37.5. The van der Waals surface area contributed by atoms with E-state index >= 15 is 0 Å². The molecule has 3 saturated heterocycles. The van der Waals surface area contributed by atoms with Gasteiger partial charge in [0.15, 0.2) is 28.1 Å². The predicted octanol–water partition coefficient (Wildman–Crippen LogP) is 10.3. The smallest absolute Gasteiger partial charge is 0.292 e. The number of hydrogen-bond donors (Lipinski definition) is 6. The number of piperazine rings is 2. The SMILES string of the molecule is Cc1cccc2cc(Cn3nc(-c4ccc5oc(N)nc5c4)c4c(N)ncnc43)nc(CCN3CCN(C)CC3)c12.Cc1cccc2cc(Cn3nc(-c4ccc5oc(N)nc5c4)c4c(N)ncnc43)nc(N3CCCC3)c12.Cc1cccc2cc(Cn3nc(-c4cn[nH]c4)c4c(N)ncnc43)nc(N3CCN(C)CC3)c12. The third-order valence-corrected chi connectivity index (χ3v) is 21.6. The second kappa shape index (κ2) is 29.2. The number of aromatic amines is 1. The summed E-state index contributed by atoms with van der Waals surface area (Å²) in [5, 5.41) is 31.0. The van der Waals surface area contributed by atoms with Crippen molar-refractivity contribution in [2.24, 2.45) is 0 Å². The summed E-state index contributed by atoms with van der Waals surface area (Å²) in [6.07, 6.45) is 11.2. The highest BCUT2D eigenvalue weighted by Crippen LogP contribution is 2.39. The van der Waals surface area contributed by atoms with Crippen LogP contribution in [0, 0.1) is 20.8 Å². The summed E-state index contributed by atoms with van der Waals surface area (Å²) in [4.78, 5) is 62.4. The predicted molar refractivity (Wildman–Crippen MR) is 437 cm³/mol. The van der Waals surface area contributed by atoms with Crippen LogP contribution in [-0.4, -0.2) is 195 Å². The second-order valence-corrected chi connectivity index (χ2v) is 29.2. The molecule has 3 fully saturated rings. The summed E-state index contributed by atoms with van der Waals surface area (Å²) in [6.45, 7) is 19.2. The van der Waals surface area contributed by atoms with Crippen molar-refractivity contribution in [1.82, 2.24) is 109 Å². The molecule has 20 rings (SSSR count). The van der Waals surface area contributed by atoms with Gasteiger partial charge in [-0.2, -0.15) is 30.4 Å². The largest absolute Gasteiger partial charge is 0.424 e. The van der Waals surface area contributed by atoms with E-state index in [1.54, 1.807) is 12.4 Å². The normalized spacial score (nSPS) is 14.6. The topological polar surface area (TPSA) is 397 Å². The fraction of sp³-hybridized carbons (Fsp3) is 0.272. The number of hydrogen-bond acceptors (Lipinski definition) is 27. The van der Waals surface area contributed by atoms with Crippen LogP contribution in [0.3, 0.4) is 0 Å². The van der Waals surface area contributed by atoms with E-state index in [0.29, 0.717) is 104 Å². The Labute approximate surface area is 641 Å². The van der Waals surface area contributed by atoms with Crippen molar-refractivity contribution >= 4 is 129 Å². The number of anilines is 7. The first kappa shape index (κ1) is 70.3. The number of aromatic nitrogens is 19. The van der Waals surface area contributed by atoms with E-state index in [9.17, 15) is 0 Å². The monoisotopic (exact) mass is 1490 g/mol. The summed E-state index contributed by atoms with van der Waals surface area (Å²) in [5.74, 6) is 3.21. The Balaban J connectivity index is 0.000000118. The number of nitrogens with zero attached hydrogens (tertiary/aromatic N) is 23. The van der Waals surface area contributed by atoms with Gasteiger partial charge in [-0.25, -0.2) is 53.9 Å². The molecule has 12 aromatic heterocycles. The number of fused-ring (bicyclic) bond motifs is 8. The Hall–Kier alpha value is -13.4. The lowest BCUT2D eigenvalue weighted by Crippen LogP contribution is -2.45. The standard InChI is InChI=1S/C30H32N10O.C27H25N9O.C24H26N10/c1-18-4-3-5-19-14-21(35-22(25(18)19)8-9-39-12-10-38(2)11-13-39)16-40-29-26(28(31)33-17-34-29)27(37-40)20-6-7-24-23(15-20)36-30(32)41-24;1-15-5-4-6-16-11-18(32-26(21(15)16)35-9-2-3-10-35)13-36-25-22(24(28)30-14-31-25)23(34-36)17-7-8-20-19(12-17)33-27(29)37-20;1-15-4-3-5-16-10-18(30-24(19(15)16)33-8-6-32(2)7-9-33)13-34-23-20(22(25)26-14-27-23)21(31-34)17-11-28-29-12-17/h3-7,14-15,17H,8-13,16H2,1-2H3,(H2,32,36)(H2,31,33,34);4-8,11-12,14H,2-3,9-10,13H2,1H3,(H2,29,33)(H2,28,30,31);3-5,10-12,14H,6-9,13H2,1-2H3,(H,28,29)(H2,25,26,27). The van der Waals surface area contributed by atoms with Crippen LogP contribution in [-0.2, 0) is 26.1 Å². The Morgan fingerprint density at radius 2 is 0.839 bits per heavy atom. The Morgan fingerprint density at radius 1 is 0.420 bits per heavy atom. The van der Waals surface area contributed by atoms with Gasteiger partial charge in [0.1, 0.15) is 76.2 Å². The average molecular weight is 1490 g/mol. The molecule has 31 heteroatoms. The molecule has 17 aromatic rings. The van der Waals surface area contributed by atoms with Crippen LogP contribution >= 0.6 is 0 Å². The molecule has 11 N–H and O–H groups in total. The molecular weight excluding hydrogens is 1410 g/mol. The van der Waals surface area contributed by atoms with Crippen LogP contribution in [0.5, 0.6) is 0 Å². The van der Waals surface area contributed by atoms with Gasteiger partial charge in [0.2, 0.25) is 0 Å². The lowest BCUT2D eigenvalue weighted by Gasteiger charge is -2.34. The average Bonchev–Trinajstić information content (AvgIpc) is 1.53. The van der Waals surface area contributed by atoms with Crippen molar-refractivity contribution in [2.45, 2.75) is 59.7 Å². The minimum absolute atomic E-state index is 0.122. The number of oxazole rings is 2. The number of pyridine rings is 3. The second-order valence-electron chi connectivity index (χ2n) is 29.2. The van der Waals surface area contributed by atoms with Crippen molar-refractivity contribution in [2.75, 3.05) is 125 Å². The molecule has 3 aliphatic rings. The molecule has 0 bridgehead atoms. The van der Waals surface area contributed by atoms with Gasteiger partial charge in [0, 0.05) is 117 Å². The van der Waals surface area contributed by atoms with Gasteiger partial charge < -0.3 is 62.0 Å². The number of nitrogen functional groups attached to an aromatic ring is 5. The van der Waals surface area contributed by atoms with Crippen LogP contribution in [0.15, 0.2) is 149 Å². The maximum atomic E-state index is 6.37. The van der Waals surface area contributed by atoms with Crippen LogP contribution in [0.2, 0.25) is 0 Å². The summed E-state index contributed by atoms with van der Waals surface area (Å²) < 4.78 is 16.4. The molecule has 112 heavy (non-hydrogen) atoms. The third-order valence-electron chi connectivity index (χ3n) is 21.6. The highest BCUT2D eigenvalue weighted by Gasteiger charge is 2.27. The van der Waals surface area contributed by atoms with Crippen molar-refractivity contribution in [1.29, 1.82) is 0 Å². The summed E-state index contributed by atoms with van der Waals surface area (Å²) in [5.41, 5.74) is 47.1. The molecule has 5 aromatic carbocycles. The minimum atomic E-state index is 0.122. The third kappa shape index (κ3) is 13.5. The van der Waals surface area contributed by atoms with E-state index < -0.39 is 0 Å². The van der Waals surface area contributed by atoms with Gasteiger partial charge in [-0.1, -0.05) is 54.6 Å². The fourth-order valence-corrected chi connectivity index (χ4v) is 15.9. The quantitative estimate of drug-likeness (QED) is 0.0589. The number of aryl methyl sites for hydroxylation is 3. The van der Waals surface area contributed by atoms with Gasteiger partial charge in [0.05, 0.1) is 64.8 Å². The lowest BCUT2D eigenvalue weighted by atomic mass is 10.0. The van der Waals surface area contributed by atoms with Crippen LogP contribution < -0.4 is 38.5 Å². The first-order valence-corrected chi connectivity index (χ1v) is 37.5. The lowest BCUT2D eigenvalue weighted by molar-refractivity contribution is 0.155. The zero-order chi connectivity index (χ0) is 76.4. The van der Waals surface area contributed by atoms with Crippen LogP contribution in [0.4, 0.5) is 41.1 Å². The van der Waals surface area contributed by atoms with E-state index in [-0.39, 0.29) is 12.0 Å². The fourth-order valence-electron chi connectivity index (χ4n) is 15.9. The maximum absolute atomic E-state index is 6.37. The van der Waals surface area contributed by atoms with Gasteiger partial charge in [-0.3, -0.25) is 10.1 Å². The Kier molecular flexibility index (Phi) is 18.3. The molecule has 31 nitrogen and oxygen atoms in total. The molecule has 0 aliphatic carbocycles. The van der Waals surface area contributed by atoms with E-state index in [2.05, 4.69) is 182 Å². The molecule has 0 spiro atoms. The highest BCUT2D eigenvalue weighted by atomic mass is 16.4. The maximum Gasteiger partial charge on any atom is 0.292 e. The van der Waals surface area contributed by atoms with Crippen LogP contribution in [0.25, 0.3) is 121 Å². The molecule has 564 valence electrons. The first-order chi connectivity index (χ1) is 54.6. The van der Waals surface area contributed by atoms with Crippen molar-refractivity contribution in [3.8, 4) is 33.8 Å². The zero-order valence-electron chi connectivity index (χ0n) is 62.8. The number of nitrogens with one attached hydrogen (secondary N) is 1. The molecule has 3 aliphatic heterocycles. The van der Waals surface area contributed by atoms with E-state index in [1.165, 1.54) is 80.8 Å². The van der Waals surface area contributed by atoms with Crippen molar-refractivity contribution < 1.29 is 8.83 Å². The van der Waals surface area contributed by atoms with E-state index in [0.717, 1.165) is 135 Å². The number of likely N-dealkylation sites (N-methyl/N-ethyl adjacent to an activating group) is 2. The number of rotatable bonds is 14. The van der Waals surface area contributed by atoms with Gasteiger partial charge in [-0.05, 0) is 135 Å². The van der Waals surface area contributed by atoms with E-state index in [1.807, 2.05) is 50.4 Å². The Bertz CT molecular complexity index is 6420. The summed E-state index contributed by atoms with van der Waals surface area (Å²) in [7, 11) is 4.35. The molecule has 0 amide bonds. The molecular formula is C81H83N29O2. The zero-order valence-corrected chi connectivity index (χ0v) is 62.8. The number of H-pyrrole nitrogens is 1. The highest BCUT2D eigenvalue weighted by molar-refractivity contribution is 6.03. The van der Waals surface area contributed by atoms with Gasteiger partial charge in [0.25, 0.3) is 12.0 Å². The molecule has 0 radical (unpaired) electrons. The minimum Gasteiger partial charge on any atom is -0.424 e. The molecule has 0 atom stereocenters. The summed E-state index contributed by atoms with van der Waals surface area (Å²) in [6, 6.07) is 37.2. The summed E-state index contributed by atoms with van der Waals surface area (Å²) >= 11 is 0. The van der Waals surface area contributed by atoms with Crippen molar-refractivity contribution in [3.05, 3.63) is 180 Å². The molecule has 15 heterocycles. The molecule has 0 unspecified atom stereocenters. The van der Waals surface area contributed by atoms with Gasteiger partial charge >= 0.3 is 0 Å². The van der Waals surface area contributed by atoms with Crippen LogP contribution in [0.1, 0.15) is 52.3 Å². The van der Waals surface area contributed by atoms with E-state index in [4.69, 9.17) is 67.8 Å². The Morgan fingerprint density at radius 3 is 1.29 bits per heavy atom. The number of nitrogens with two attached hydrogens (primary N) is 5.